The molecule has 170 valence electrons. The van der Waals surface area contributed by atoms with E-state index >= 15 is 0 Å². The van der Waals surface area contributed by atoms with Crippen LogP contribution < -0.4 is 4.90 Å². The maximum absolute atomic E-state index is 13.3. The number of benzene rings is 2. The van der Waals surface area contributed by atoms with Gasteiger partial charge in [-0.05, 0) is 48.2 Å². The number of fused-ring (bicyclic) bond motifs is 1. The second kappa shape index (κ2) is 10.2. The van der Waals surface area contributed by atoms with E-state index in [-0.39, 0.29) is 29.4 Å². The van der Waals surface area contributed by atoms with E-state index in [0.29, 0.717) is 11.7 Å². The second-order valence-corrected chi connectivity index (χ2v) is 10.8. The van der Waals surface area contributed by atoms with E-state index in [2.05, 4.69) is 11.9 Å². The van der Waals surface area contributed by atoms with Crippen molar-refractivity contribution < 1.29 is 13.2 Å². The van der Waals surface area contributed by atoms with Crippen LogP contribution in [0.15, 0.2) is 78.0 Å². The SMILES string of the molecule is CCc1cccc2sc(N(Cc3cccnc3)C(=O)CCCS(=O)(=O)c3ccccc3)nc12. The summed E-state index contributed by atoms with van der Waals surface area (Å²) in [6, 6.07) is 18.2. The van der Waals surface area contributed by atoms with Gasteiger partial charge in [-0.2, -0.15) is 0 Å². The van der Waals surface area contributed by atoms with Crippen LogP contribution >= 0.6 is 11.3 Å². The number of amides is 1. The fourth-order valence-corrected chi connectivity index (χ4v) is 5.99. The first-order chi connectivity index (χ1) is 16.0. The van der Waals surface area contributed by atoms with Gasteiger partial charge in [0.05, 0.1) is 27.4 Å². The average molecular weight is 480 g/mol. The largest absolute Gasteiger partial charge is 0.284 e. The molecule has 0 spiro atoms. The maximum Gasteiger partial charge on any atom is 0.229 e. The number of para-hydroxylation sites is 1. The minimum absolute atomic E-state index is 0.0800. The van der Waals surface area contributed by atoms with Gasteiger partial charge in [-0.25, -0.2) is 13.4 Å². The third-order valence-electron chi connectivity index (χ3n) is 5.37. The van der Waals surface area contributed by atoms with Gasteiger partial charge in [0.15, 0.2) is 15.0 Å². The van der Waals surface area contributed by atoms with Crippen LogP contribution in [0.3, 0.4) is 0 Å². The van der Waals surface area contributed by atoms with Gasteiger partial charge in [0.1, 0.15) is 0 Å². The first-order valence-corrected chi connectivity index (χ1v) is 13.3. The van der Waals surface area contributed by atoms with Gasteiger partial charge in [0.25, 0.3) is 0 Å². The number of anilines is 1. The number of rotatable bonds is 9. The molecule has 2 aromatic heterocycles. The molecule has 0 unspecified atom stereocenters. The second-order valence-electron chi connectivity index (χ2n) is 7.69. The predicted octanol–water partition coefficient (Wildman–Crippen LogP) is 5.04. The minimum Gasteiger partial charge on any atom is -0.284 e. The Balaban J connectivity index is 1.55. The van der Waals surface area contributed by atoms with Crippen molar-refractivity contribution in [2.45, 2.75) is 37.6 Å². The highest BCUT2D eigenvalue weighted by atomic mass is 32.2. The number of nitrogens with zero attached hydrogens (tertiary/aromatic N) is 3. The van der Waals surface area contributed by atoms with E-state index in [9.17, 15) is 13.2 Å². The molecular weight excluding hydrogens is 454 g/mol. The van der Waals surface area contributed by atoms with E-state index in [1.165, 1.54) is 11.3 Å². The Morgan fingerprint density at radius 1 is 1.03 bits per heavy atom. The average Bonchev–Trinajstić information content (AvgIpc) is 3.27. The van der Waals surface area contributed by atoms with Gasteiger partial charge in [-0.3, -0.25) is 14.7 Å². The molecule has 4 aromatic rings. The summed E-state index contributed by atoms with van der Waals surface area (Å²) in [6.45, 7) is 2.42. The van der Waals surface area contributed by atoms with Crippen molar-refractivity contribution in [3.05, 3.63) is 84.2 Å². The zero-order chi connectivity index (χ0) is 23.3. The van der Waals surface area contributed by atoms with Crippen LogP contribution in [0.25, 0.3) is 10.2 Å². The molecule has 0 fully saturated rings. The standard InChI is InChI=1S/C25H25N3O3S2/c1-2-20-10-6-13-22-24(20)27-25(32-22)28(18-19-9-7-15-26-17-19)23(29)14-8-16-33(30,31)21-11-4-3-5-12-21/h3-7,9-13,15,17H,2,8,14,16,18H2,1H3. The lowest BCUT2D eigenvalue weighted by molar-refractivity contribution is -0.118. The van der Waals surface area contributed by atoms with Gasteiger partial charge in [0, 0.05) is 18.8 Å². The van der Waals surface area contributed by atoms with Crippen molar-refractivity contribution >= 4 is 42.4 Å². The zero-order valence-corrected chi connectivity index (χ0v) is 20.0. The lowest BCUT2D eigenvalue weighted by Gasteiger charge is -2.20. The summed E-state index contributed by atoms with van der Waals surface area (Å²) in [5.41, 5.74) is 2.94. The van der Waals surface area contributed by atoms with E-state index in [4.69, 9.17) is 4.98 Å². The fourth-order valence-electron chi connectivity index (χ4n) is 3.63. The summed E-state index contributed by atoms with van der Waals surface area (Å²) in [4.78, 5) is 24.2. The van der Waals surface area contributed by atoms with E-state index in [0.717, 1.165) is 27.8 Å². The van der Waals surface area contributed by atoms with Gasteiger partial charge in [-0.15, -0.1) is 0 Å². The third kappa shape index (κ3) is 5.46. The van der Waals surface area contributed by atoms with Gasteiger partial charge < -0.3 is 0 Å². The Kier molecular flexibility index (Phi) is 7.15. The summed E-state index contributed by atoms with van der Waals surface area (Å²) in [7, 11) is -3.43. The number of aryl methyl sites for hydroxylation is 1. The van der Waals surface area contributed by atoms with Crippen LogP contribution in [-0.2, 0) is 27.6 Å². The summed E-state index contributed by atoms with van der Waals surface area (Å²) in [5.74, 6) is -0.234. The number of sulfone groups is 1. The van der Waals surface area contributed by atoms with E-state index < -0.39 is 9.84 Å². The monoisotopic (exact) mass is 479 g/mol. The smallest absolute Gasteiger partial charge is 0.229 e. The summed E-state index contributed by atoms with van der Waals surface area (Å²) in [6.07, 6.45) is 4.63. The lowest BCUT2D eigenvalue weighted by atomic mass is 10.1. The molecule has 4 rings (SSSR count). The number of thiazole rings is 1. The molecule has 6 nitrogen and oxygen atoms in total. The van der Waals surface area contributed by atoms with Crippen LogP contribution in [0.5, 0.6) is 0 Å². The highest BCUT2D eigenvalue weighted by Crippen LogP contribution is 2.32. The van der Waals surface area contributed by atoms with Crippen LogP contribution in [0, 0.1) is 0 Å². The van der Waals surface area contributed by atoms with Gasteiger partial charge >= 0.3 is 0 Å². The predicted molar refractivity (Wildman–Crippen MR) is 132 cm³/mol. The number of hydrogen-bond donors (Lipinski definition) is 0. The molecule has 0 atom stereocenters. The summed E-state index contributed by atoms with van der Waals surface area (Å²) in [5, 5.41) is 0.616. The molecule has 2 aromatic carbocycles. The van der Waals surface area contributed by atoms with Crippen molar-refractivity contribution in [3.63, 3.8) is 0 Å². The maximum atomic E-state index is 13.3. The number of carbonyl (C=O) groups is 1. The van der Waals surface area contributed by atoms with Crippen molar-refractivity contribution in [1.82, 2.24) is 9.97 Å². The molecule has 0 saturated heterocycles. The van der Waals surface area contributed by atoms with Crippen molar-refractivity contribution in [3.8, 4) is 0 Å². The quantitative estimate of drug-likeness (QED) is 0.336. The first kappa shape index (κ1) is 23.1. The summed E-state index contributed by atoms with van der Waals surface area (Å²) >= 11 is 1.47. The van der Waals surface area contributed by atoms with Crippen LogP contribution in [0.2, 0.25) is 0 Å². The number of pyridine rings is 1. The van der Waals surface area contributed by atoms with Gasteiger partial charge in [-0.1, -0.05) is 54.7 Å². The van der Waals surface area contributed by atoms with Crippen molar-refractivity contribution in [1.29, 1.82) is 0 Å². The molecule has 0 radical (unpaired) electrons. The highest BCUT2D eigenvalue weighted by molar-refractivity contribution is 7.91. The Morgan fingerprint density at radius 2 is 1.85 bits per heavy atom. The Morgan fingerprint density at radius 3 is 2.58 bits per heavy atom. The molecule has 8 heteroatoms. The molecule has 0 aliphatic heterocycles. The molecule has 0 bridgehead atoms. The molecule has 0 aliphatic carbocycles. The van der Waals surface area contributed by atoms with Crippen LogP contribution in [-0.4, -0.2) is 30.0 Å². The number of carbonyl (C=O) groups excluding carboxylic acids is 1. The molecule has 33 heavy (non-hydrogen) atoms. The molecule has 1 amide bonds. The number of hydrogen-bond acceptors (Lipinski definition) is 6. The van der Waals surface area contributed by atoms with E-state index in [1.807, 2.05) is 30.3 Å². The van der Waals surface area contributed by atoms with E-state index in [1.54, 1.807) is 47.6 Å². The minimum atomic E-state index is -3.43. The highest BCUT2D eigenvalue weighted by Gasteiger charge is 2.22. The number of aromatic nitrogens is 2. The topological polar surface area (TPSA) is 80.2 Å². The molecule has 0 aliphatic rings. The zero-order valence-electron chi connectivity index (χ0n) is 18.3. The first-order valence-electron chi connectivity index (χ1n) is 10.8. The lowest BCUT2D eigenvalue weighted by Crippen LogP contribution is -2.30. The molecule has 0 N–H and O–H groups in total. The summed E-state index contributed by atoms with van der Waals surface area (Å²) < 4.78 is 26.2. The Bertz CT molecular complexity index is 1340. The molecule has 0 saturated carbocycles. The molecular formula is C25H25N3O3S2. The molecule has 2 heterocycles. The Labute approximate surface area is 197 Å². The van der Waals surface area contributed by atoms with Gasteiger partial charge in [0.2, 0.25) is 5.91 Å². The van der Waals surface area contributed by atoms with Crippen LogP contribution in [0.1, 0.15) is 30.9 Å². The Hall–Kier alpha value is -3.10. The van der Waals surface area contributed by atoms with Crippen molar-refractivity contribution in [2.75, 3.05) is 10.7 Å². The third-order valence-corrected chi connectivity index (χ3v) is 8.23. The van der Waals surface area contributed by atoms with Crippen molar-refractivity contribution in [2.24, 2.45) is 0 Å². The van der Waals surface area contributed by atoms with Crippen LogP contribution in [0.4, 0.5) is 5.13 Å². The fraction of sp³-hybridized carbons (Fsp3) is 0.240. The normalized spacial score (nSPS) is 11.5.